The molecule has 0 bridgehead atoms. The lowest BCUT2D eigenvalue weighted by Crippen LogP contribution is -2.21. The third-order valence-corrected chi connectivity index (χ3v) is 5.30. The van der Waals surface area contributed by atoms with Gasteiger partial charge in [-0.25, -0.2) is 9.78 Å². The van der Waals surface area contributed by atoms with Crippen LogP contribution in [0.3, 0.4) is 0 Å². The number of ether oxygens (including phenoxy) is 1. The molecule has 0 aliphatic rings. The molecule has 2 N–H and O–H groups in total. The molecule has 3 heterocycles. The van der Waals surface area contributed by atoms with Crippen LogP contribution in [0.2, 0.25) is 0 Å². The van der Waals surface area contributed by atoms with E-state index < -0.39 is 0 Å². The van der Waals surface area contributed by atoms with E-state index in [1.165, 1.54) is 13.3 Å². The minimum atomic E-state index is -0.225. The maximum Gasteiger partial charge on any atom is 0.333 e. The second-order valence-electron chi connectivity index (χ2n) is 7.15. The second kappa shape index (κ2) is 8.78. The van der Waals surface area contributed by atoms with Crippen molar-refractivity contribution in [3.8, 4) is 17.6 Å². The molecule has 0 amide bonds. The number of rotatable bonds is 6. The SMILES string of the molecule is COc1ncccc1-n1c(=O)n(C)c2cnc3ccc(C(/C=C\CCC#N)=C/N)cc3c21. The number of methoxy groups -OCH3 is 1. The van der Waals surface area contributed by atoms with Crippen LogP contribution in [-0.2, 0) is 7.05 Å². The summed E-state index contributed by atoms with van der Waals surface area (Å²) < 4.78 is 8.57. The number of hydrogen-bond acceptors (Lipinski definition) is 6. The van der Waals surface area contributed by atoms with E-state index in [0.29, 0.717) is 35.4 Å². The lowest BCUT2D eigenvalue weighted by atomic mass is 10.0. The molecule has 0 aliphatic heterocycles. The van der Waals surface area contributed by atoms with Crippen molar-refractivity contribution in [3.63, 3.8) is 0 Å². The Kier molecular flexibility index (Phi) is 5.73. The molecule has 3 aromatic heterocycles. The zero-order chi connectivity index (χ0) is 22.7. The van der Waals surface area contributed by atoms with Gasteiger partial charge in [0.2, 0.25) is 5.88 Å². The predicted octanol–water partition coefficient (Wildman–Crippen LogP) is 3.44. The summed E-state index contributed by atoms with van der Waals surface area (Å²) in [5.41, 5.74) is 10.0. The Hall–Kier alpha value is -4.38. The maximum atomic E-state index is 13.2. The van der Waals surface area contributed by atoms with Crippen LogP contribution in [0.15, 0.2) is 65.9 Å². The highest BCUT2D eigenvalue weighted by atomic mass is 16.5. The van der Waals surface area contributed by atoms with Gasteiger partial charge < -0.3 is 10.5 Å². The Labute approximate surface area is 184 Å². The fourth-order valence-corrected chi connectivity index (χ4v) is 3.72. The number of allylic oxidation sites excluding steroid dienone is 3. The lowest BCUT2D eigenvalue weighted by Gasteiger charge is -2.10. The molecule has 0 radical (unpaired) electrons. The van der Waals surface area contributed by atoms with Gasteiger partial charge in [0.15, 0.2) is 0 Å². The average Bonchev–Trinajstić information content (AvgIpc) is 3.09. The summed E-state index contributed by atoms with van der Waals surface area (Å²) in [6.45, 7) is 0. The molecule has 8 heteroatoms. The number of nitrogens with zero attached hydrogens (tertiary/aromatic N) is 5. The minimum Gasteiger partial charge on any atom is -0.479 e. The van der Waals surface area contributed by atoms with Gasteiger partial charge in [-0.3, -0.25) is 14.1 Å². The van der Waals surface area contributed by atoms with Crippen molar-refractivity contribution in [2.75, 3.05) is 7.11 Å². The molecule has 32 heavy (non-hydrogen) atoms. The summed E-state index contributed by atoms with van der Waals surface area (Å²) in [6.07, 6.45) is 9.75. The van der Waals surface area contributed by atoms with Crippen molar-refractivity contribution in [1.82, 2.24) is 19.1 Å². The Balaban J connectivity index is 2.00. The number of nitrogens with two attached hydrogens (primary N) is 1. The summed E-state index contributed by atoms with van der Waals surface area (Å²) in [5.74, 6) is 0.353. The monoisotopic (exact) mass is 426 g/mol. The van der Waals surface area contributed by atoms with Gasteiger partial charge in [0.25, 0.3) is 0 Å². The van der Waals surface area contributed by atoms with Crippen LogP contribution in [0.25, 0.3) is 33.2 Å². The largest absolute Gasteiger partial charge is 0.479 e. The van der Waals surface area contributed by atoms with Crippen molar-refractivity contribution in [1.29, 1.82) is 5.26 Å². The van der Waals surface area contributed by atoms with Crippen molar-refractivity contribution in [2.24, 2.45) is 12.8 Å². The minimum absolute atomic E-state index is 0.225. The Morgan fingerprint density at radius 2 is 2.16 bits per heavy atom. The number of unbranched alkanes of at least 4 members (excludes halogenated alkanes) is 1. The van der Waals surface area contributed by atoms with Gasteiger partial charge in [0.1, 0.15) is 5.69 Å². The van der Waals surface area contributed by atoms with Crippen LogP contribution in [0.1, 0.15) is 18.4 Å². The Morgan fingerprint density at radius 3 is 2.91 bits per heavy atom. The fraction of sp³-hybridized carbons (Fsp3) is 0.167. The number of fused-ring (bicyclic) bond motifs is 3. The van der Waals surface area contributed by atoms with Gasteiger partial charge in [-0.2, -0.15) is 5.26 Å². The zero-order valence-electron chi connectivity index (χ0n) is 17.8. The Morgan fingerprint density at radius 1 is 1.31 bits per heavy atom. The van der Waals surface area contributed by atoms with E-state index in [2.05, 4.69) is 16.0 Å². The van der Waals surface area contributed by atoms with Crippen molar-refractivity contribution >= 4 is 27.5 Å². The number of imidazole rings is 1. The number of hydrogen-bond donors (Lipinski definition) is 1. The van der Waals surface area contributed by atoms with E-state index in [1.54, 1.807) is 40.7 Å². The molecule has 4 aromatic rings. The van der Waals surface area contributed by atoms with Gasteiger partial charge in [-0.05, 0) is 41.8 Å². The van der Waals surface area contributed by atoms with Crippen molar-refractivity contribution < 1.29 is 4.74 Å². The molecular formula is C24H22N6O2. The van der Waals surface area contributed by atoms with Gasteiger partial charge in [-0.1, -0.05) is 18.2 Å². The highest BCUT2D eigenvalue weighted by molar-refractivity contribution is 6.04. The van der Waals surface area contributed by atoms with Crippen LogP contribution in [0.5, 0.6) is 5.88 Å². The molecular weight excluding hydrogens is 404 g/mol. The van der Waals surface area contributed by atoms with Crippen LogP contribution < -0.4 is 16.2 Å². The first-order chi connectivity index (χ1) is 15.6. The molecule has 160 valence electrons. The number of aromatic nitrogens is 4. The average molecular weight is 426 g/mol. The molecule has 8 nitrogen and oxygen atoms in total. The first-order valence-electron chi connectivity index (χ1n) is 10.1. The van der Waals surface area contributed by atoms with Gasteiger partial charge >= 0.3 is 5.69 Å². The van der Waals surface area contributed by atoms with Crippen molar-refractivity contribution in [2.45, 2.75) is 12.8 Å². The van der Waals surface area contributed by atoms with Crippen LogP contribution >= 0.6 is 0 Å². The lowest BCUT2D eigenvalue weighted by molar-refractivity contribution is 0.396. The highest BCUT2D eigenvalue weighted by Gasteiger charge is 2.19. The Bertz CT molecular complexity index is 1470. The van der Waals surface area contributed by atoms with Crippen molar-refractivity contribution in [3.05, 3.63) is 77.1 Å². The molecule has 4 rings (SSSR count). The fourth-order valence-electron chi connectivity index (χ4n) is 3.72. The number of pyridine rings is 2. The molecule has 1 aromatic carbocycles. The first kappa shape index (κ1) is 20.9. The van der Waals surface area contributed by atoms with Gasteiger partial charge in [0.05, 0.1) is 35.9 Å². The number of benzene rings is 1. The quantitative estimate of drug-likeness (QED) is 0.373. The topological polar surface area (TPSA) is 112 Å². The number of aryl methyl sites for hydroxylation is 1. The first-order valence-corrected chi connectivity index (χ1v) is 10.1. The highest BCUT2D eigenvalue weighted by Crippen LogP contribution is 2.30. The number of nitriles is 1. The molecule has 0 saturated heterocycles. The van der Waals surface area contributed by atoms with E-state index in [1.807, 2.05) is 30.4 Å². The predicted molar refractivity (Wildman–Crippen MR) is 124 cm³/mol. The van der Waals surface area contributed by atoms with Crippen LogP contribution in [0, 0.1) is 11.3 Å². The normalized spacial score (nSPS) is 12.0. The third-order valence-electron chi connectivity index (χ3n) is 5.30. The van der Waals surface area contributed by atoms with Gasteiger partial charge in [-0.15, -0.1) is 0 Å². The van der Waals surface area contributed by atoms with E-state index in [9.17, 15) is 4.79 Å². The third kappa shape index (κ3) is 3.50. The summed E-state index contributed by atoms with van der Waals surface area (Å²) in [6, 6.07) is 11.5. The second-order valence-corrected chi connectivity index (χ2v) is 7.15. The maximum absolute atomic E-state index is 13.2. The smallest absolute Gasteiger partial charge is 0.333 e. The molecule has 0 saturated carbocycles. The molecule has 0 atom stereocenters. The summed E-state index contributed by atoms with van der Waals surface area (Å²) in [5, 5.41) is 9.53. The zero-order valence-corrected chi connectivity index (χ0v) is 17.8. The van der Waals surface area contributed by atoms with E-state index in [0.717, 1.165) is 22.0 Å². The standard InChI is InChI=1S/C24H22N6O2/c1-29-21-15-28-19-10-9-16(17(14-26)7-4-3-5-11-25)13-18(19)22(21)30(24(29)31)20-8-6-12-27-23(20)32-2/h4,6-10,12-15H,3,5,26H2,1-2H3/b7-4-,17-14+. The van der Waals surface area contributed by atoms with Crippen LogP contribution in [0.4, 0.5) is 0 Å². The molecule has 0 spiro atoms. The van der Waals surface area contributed by atoms with Gasteiger partial charge in [0, 0.05) is 31.3 Å². The molecule has 0 fully saturated rings. The van der Waals surface area contributed by atoms with E-state index in [4.69, 9.17) is 15.7 Å². The molecule has 0 unspecified atom stereocenters. The summed E-state index contributed by atoms with van der Waals surface area (Å²) in [7, 11) is 3.24. The molecule has 0 aliphatic carbocycles. The van der Waals surface area contributed by atoms with Crippen LogP contribution in [-0.4, -0.2) is 26.2 Å². The van der Waals surface area contributed by atoms with E-state index >= 15 is 0 Å². The van der Waals surface area contributed by atoms with E-state index in [-0.39, 0.29) is 5.69 Å². The summed E-state index contributed by atoms with van der Waals surface area (Å²) in [4.78, 5) is 22.0. The summed E-state index contributed by atoms with van der Waals surface area (Å²) >= 11 is 0.